The van der Waals surface area contributed by atoms with E-state index >= 15 is 0 Å². The third-order valence-electron chi connectivity index (χ3n) is 5.63. The van der Waals surface area contributed by atoms with Gasteiger partial charge in [-0.2, -0.15) is 10.5 Å². The Hall–Kier alpha value is -4.56. The summed E-state index contributed by atoms with van der Waals surface area (Å²) in [5.41, 5.74) is 5.30. The number of nitriles is 2. The van der Waals surface area contributed by atoms with Gasteiger partial charge in [0.05, 0.1) is 22.7 Å². The quantitative estimate of drug-likeness (QED) is 0.557. The van der Waals surface area contributed by atoms with Crippen LogP contribution in [0.15, 0.2) is 54.9 Å². The molecular formula is C23H15N7O. The van der Waals surface area contributed by atoms with Gasteiger partial charge in [-0.1, -0.05) is 29.5 Å². The van der Waals surface area contributed by atoms with E-state index in [4.69, 9.17) is 0 Å². The summed E-state index contributed by atoms with van der Waals surface area (Å²) < 4.78 is 0. The van der Waals surface area contributed by atoms with E-state index in [0.717, 1.165) is 22.2 Å². The number of fused-ring (bicyclic) bond motifs is 2. The number of hydrogen-bond donors (Lipinski definition) is 1. The fraction of sp³-hybridized carbons (Fsp3) is 0.130. The molecule has 2 aromatic heterocycles. The number of H-pyrrole nitrogens is 1. The van der Waals surface area contributed by atoms with Crippen molar-refractivity contribution in [3.63, 3.8) is 0 Å². The first-order valence-corrected chi connectivity index (χ1v) is 9.66. The van der Waals surface area contributed by atoms with Gasteiger partial charge < -0.3 is 4.90 Å². The second kappa shape index (κ2) is 7.36. The average molecular weight is 405 g/mol. The van der Waals surface area contributed by atoms with Crippen molar-refractivity contribution < 1.29 is 4.79 Å². The third kappa shape index (κ3) is 3.07. The van der Waals surface area contributed by atoms with Crippen LogP contribution in [0.25, 0.3) is 11.0 Å². The summed E-state index contributed by atoms with van der Waals surface area (Å²) in [7, 11) is 0. The first kappa shape index (κ1) is 18.5. The number of nitrogens with zero attached hydrogens (tertiary/aromatic N) is 6. The van der Waals surface area contributed by atoms with E-state index in [1.807, 2.05) is 42.5 Å². The second-order valence-electron chi connectivity index (χ2n) is 7.34. The second-order valence-corrected chi connectivity index (χ2v) is 7.34. The highest BCUT2D eigenvalue weighted by Crippen LogP contribution is 2.38. The minimum Gasteiger partial charge on any atom is -0.327 e. The monoisotopic (exact) mass is 405 g/mol. The average Bonchev–Trinajstić information content (AvgIpc) is 3.37. The Morgan fingerprint density at radius 3 is 2.61 bits per heavy atom. The molecule has 1 aliphatic rings. The molecule has 1 amide bonds. The van der Waals surface area contributed by atoms with Crippen molar-refractivity contribution in [1.29, 1.82) is 10.5 Å². The maximum absolute atomic E-state index is 13.3. The van der Waals surface area contributed by atoms with E-state index in [2.05, 4.69) is 32.5 Å². The predicted octanol–water partition coefficient (Wildman–Crippen LogP) is 3.04. The van der Waals surface area contributed by atoms with Gasteiger partial charge in [-0.3, -0.25) is 14.9 Å². The zero-order valence-corrected chi connectivity index (χ0v) is 16.3. The molecule has 0 bridgehead atoms. The molecule has 1 unspecified atom stereocenters. The molecule has 4 aromatic rings. The lowest BCUT2D eigenvalue weighted by molar-refractivity contribution is 0.0709. The maximum atomic E-state index is 13.3. The van der Waals surface area contributed by atoms with E-state index in [9.17, 15) is 15.3 Å². The van der Waals surface area contributed by atoms with E-state index in [0.29, 0.717) is 35.2 Å². The summed E-state index contributed by atoms with van der Waals surface area (Å²) in [4.78, 5) is 19.1. The van der Waals surface area contributed by atoms with E-state index in [-0.39, 0.29) is 11.9 Å². The molecule has 3 heterocycles. The van der Waals surface area contributed by atoms with Crippen LogP contribution < -0.4 is 0 Å². The number of benzene rings is 2. The smallest absolute Gasteiger partial charge is 0.255 e. The predicted molar refractivity (Wildman–Crippen MR) is 110 cm³/mol. The Bertz CT molecular complexity index is 1380. The number of carbonyl (C=O) groups is 1. The molecule has 31 heavy (non-hydrogen) atoms. The minimum atomic E-state index is -0.307. The van der Waals surface area contributed by atoms with Gasteiger partial charge in [-0.15, -0.1) is 5.10 Å². The standard InChI is InChI=1S/C23H15N7O/c24-9-15-11-26-12-16(10-25)19(15)8-22-17-3-1-2-4-18(17)23(31)30(22)13-14-5-6-20-21(7-14)28-29-27-20/h1-7,11-12,22H,8,13H2,(H,27,28,29). The van der Waals surface area contributed by atoms with Gasteiger partial charge in [0, 0.05) is 24.5 Å². The lowest BCUT2D eigenvalue weighted by Gasteiger charge is -2.26. The van der Waals surface area contributed by atoms with Crippen LogP contribution in [0.4, 0.5) is 0 Å². The van der Waals surface area contributed by atoms with Gasteiger partial charge in [0.1, 0.15) is 17.7 Å². The summed E-state index contributed by atoms with van der Waals surface area (Å²) in [6.07, 6.45) is 3.27. The number of nitrogens with one attached hydrogen (secondary N) is 1. The van der Waals surface area contributed by atoms with Crippen LogP contribution in [0.2, 0.25) is 0 Å². The highest BCUT2D eigenvalue weighted by molar-refractivity contribution is 5.99. The summed E-state index contributed by atoms with van der Waals surface area (Å²) >= 11 is 0. The number of aromatic amines is 1. The van der Waals surface area contributed by atoms with Crippen molar-refractivity contribution >= 4 is 16.9 Å². The molecule has 1 atom stereocenters. The van der Waals surface area contributed by atoms with E-state index in [1.54, 1.807) is 4.90 Å². The summed E-state index contributed by atoms with van der Waals surface area (Å²) in [6, 6.07) is 17.1. The van der Waals surface area contributed by atoms with Crippen LogP contribution in [-0.2, 0) is 13.0 Å². The van der Waals surface area contributed by atoms with Crippen LogP contribution in [0.5, 0.6) is 0 Å². The molecule has 1 N–H and O–H groups in total. The van der Waals surface area contributed by atoms with Gasteiger partial charge in [-0.25, -0.2) is 0 Å². The van der Waals surface area contributed by atoms with Gasteiger partial charge in [0.2, 0.25) is 0 Å². The fourth-order valence-corrected chi connectivity index (χ4v) is 4.12. The minimum absolute atomic E-state index is 0.0769. The lowest BCUT2D eigenvalue weighted by atomic mass is 9.93. The van der Waals surface area contributed by atoms with E-state index < -0.39 is 0 Å². The molecule has 2 aromatic carbocycles. The van der Waals surface area contributed by atoms with Crippen LogP contribution in [0.3, 0.4) is 0 Å². The summed E-state index contributed by atoms with van der Waals surface area (Å²) in [5.74, 6) is -0.0769. The zero-order valence-electron chi connectivity index (χ0n) is 16.3. The van der Waals surface area contributed by atoms with Crippen molar-refractivity contribution in [2.75, 3.05) is 0 Å². The highest BCUT2D eigenvalue weighted by atomic mass is 16.2. The molecule has 0 saturated heterocycles. The summed E-state index contributed by atoms with van der Waals surface area (Å²) in [6.45, 7) is 0.371. The van der Waals surface area contributed by atoms with Crippen molar-refractivity contribution in [2.24, 2.45) is 0 Å². The number of rotatable bonds is 4. The normalized spacial score (nSPS) is 15.0. The zero-order chi connectivity index (χ0) is 21.4. The number of pyridine rings is 1. The molecule has 0 radical (unpaired) electrons. The van der Waals surface area contributed by atoms with E-state index in [1.165, 1.54) is 12.4 Å². The lowest BCUT2D eigenvalue weighted by Crippen LogP contribution is -2.29. The Balaban J connectivity index is 1.57. The Labute approximate surface area is 177 Å². The van der Waals surface area contributed by atoms with Crippen LogP contribution >= 0.6 is 0 Å². The number of aromatic nitrogens is 4. The Morgan fingerprint density at radius 1 is 1.06 bits per heavy atom. The molecule has 1 aliphatic heterocycles. The SMILES string of the molecule is N#Cc1cncc(C#N)c1CC1c2ccccc2C(=O)N1Cc1ccc2[nH]nnc2c1. The first-order chi connectivity index (χ1) is 15.2. The highest BCUT2D eigenvalue weighted by Gasteiger charge is 2.37. The third-order valence-corrected chi connectivity index (χ3v) is 5.63. The first-order valence-electron chi connectivity index (χ1n) is 9.66. The molecule has 8 heteroatoms. The topological polar surface area (TPSA) is 122 Å². The van der Waals surface area contributed by atoms with Gasteiger partial charge >= 0.3 is 0 Å². The van der Waals surface area contributed by atoms with Crippen molar-refractivity contribution in [3.8, 4) is 12.1 Å². The number of carbonyl (C=O) groups excluding carboxylic acids is 1. The molecule has 0 saturated carbocycles. The molecule has 0 aliphatic carbocycles. The number of hydrogen-bond acceptors (Lipinski definition) is 6. The maximum Gasteiger partial charge on any atom is 0.255 e. The van der Waals surface area contributed by atoms with Crippen molar-refractivity contribution in [3.05, 3.63) is 88.2 Å². The molecule has 0 spiro atoms. The molecule has 148 valence electrons. The molecular weight excluding hydrogens is 390 g/mol. The van der Waals surface area contributed by atoms with Gasteiger partial charge in [0.25, 0.3) is 5.91 Å². The van der Waals surface area contributed by atoms with Crippen LogP contribution in [0, 0.1) is 22.7 Å². The summed E-state index contributed by atoms with van der Waals surface area (Å²) in [5, 5.41) is 29.8. The Kier molecular flexibility index (Phi) is 4.38. The van der Waals surface area contributed by atoms with Crippen molar-refractivity contribution in [2.45, 2.75) is 19.0 Å². The molecule has 5 rings (SSSR count). The van der Waals surface area contributed by atoms with Gasteiger partial charge in [0.15, 0.2) is 0 Å². The number of amides is 1. The van der Waals surface area contributed by atoms with Crippen molar-refractivity contribution in [1.82, 2.24) is 25.3 Å². The Morgan fingerprint density at radius 2 is 1.84 bits per heavy atom. The fourth-order valence-electron chi connectivity index (χ4n) is 4.12. The molecule has 0 fully saturated rings. The van der Waals surface area contributed by atoms with Gasteiger partial charge in [-0.05, 0) is 41.3 Å². The van der Waals surface area contributed by atoms with Crippen LogP contribution in [0.1, 0.15) is 44.2 Å². The molecule has 8 nitrogen and oxygen atoms in total. The van der Waals surface area contributed by atoms with Crippen LogP contribution in [-0.4, -0.2) is 31.2 Å². The largest absolute Gasteiger partial charge is 0.327 e.